The first kappa shape index (κ1) is 16.8. The molecule has 0 saturated carbocycles. The van der Waals surface area contributed by atoms with Crippen molar-refractivity contribution in [2.24, 2.45) is 11.5 Å². The van der Waals surface area contributed by atoms with Gasteiger partial charge >= 0.3 is 0 Å². The Morgan fingerprint density at radius 3 is 1.90 bits per heavy atom. The third-order valence-electron chi connectivity index (χ3n) is 2.77. The maximum absolute atomic E-state index is 12.8. The Labute approximate surface area is 131 Å². The number of pyridine rings is 1. The quantitative estimate of drug-likeness (QED) is 0.588. The van der Waals surface area contributed by atoms with Gasteiger partial charge in [0.2, 0.25) is 0 Å². The zero-order valence-electron chi connectivity index (χ0n) is 10.9. The third-order valence-corrected chi connectivity index (χ3v) is 2.77. The van der Waals surface area contributed by atoms with Crippen LogP contribution in [0.4, 0.5) is 4.39 Å². The predicted molar refractivity (Wildman–Crippen MR) is 69.2 cm³/mol. The Balaban J connectivity index is 0.00000220. The van der Waals surface area contributed by atoms with Crippen LogP contribution in [0.5, 0.6) is 0 Å². The molecule has 2 aromatic rings. The molecular weight excluding hydrogens is 341 g/mol. The first-order chi connectivity index (χ1) is 9.45. The van der Waals surface area contributed by atoms with E-state index in [1.54, 1.807) is 16.7 Å². The summed E-state index contributed by atoms with van der Waals surface area (Å²) in [5.41, 5.74) is 11.6. The Hall–Kier alpha value is -2.28. The summed E-state index contributed by atoms with van der Waals surface area (Å²) in [6.45, 7) is 0.363. The minimum atomic E-state index is -0.652. The van der Waals surface area contributed by atoms with Gasteiger partial charge in [-0.3, -0.25) is 9.59 Å². The van der Waals surface area contributed by atoms with Crippen LogP contribution in [0.25, 0.3) is 0 Å². The first-order valence-corrected chi connectivity index (χ1v) is 5.84. The molecule has 1 aromatic carbocycles. The summed E-state index contributed by atoms with van der Waals surface area (Å²) >= 11 is 0. The molecule has 0 saturated heterocycles. The SMILES string of the molecule is NC(=O)c1cc(C(N)=O)c[n+](Cc2ccc(F)cc2)c1.[Br-]. The summed E-state index contributed by atoms with van der Waals surface area (Å²) in [4.78, 5) is 22.5. The number of rotatable bonds is 4. The molecule has 4 N–H and O–H groups in total. The van der Waals surface area contributed by atoms with Crippen molar-refractivity contribution in [2.45, 2.75) is 6.54 Å². The van der Waals surface area contributed by atoms with Crippen LogP contribution < -0.4 is 33.0 Å². The molecule has 21 heavy (non-hydrogen) atoms. The zero-order chi connectivity index (χ0) is 14.7. The fraction of sp³-hybridized carbons (Fsp3) is 0.0714. The van der Waals surface area contributed by atoms with Gasteiger partial charge < -0.3 is 28.4 Å². The van der Waals surface area contributed by atoms with Crippen molar-refractivity contribution in [1.29, 1.82) is 0 Å². The number of nitrogens with zero attached hydrogens (tertiary/aromatic N) is 1. The second-order valence-electron chi connectivity index (χ2n) is 4.34. The maximum Gasteiger partial charge on any atom is 0.254 e. The lowest BCUT2D eigenvalue weighted by Gasteiger charge is -2.02. The van der Waals surface area contributed by atoms with Crippen LogP contribution in [-0.4, -0.2) is 11.8 Å². The second kappa shape index (κ2) is 6.94. The van der Waals surface area contributed by atoms with Crippen molar-refractivity contribution in [3.8, 4) is 0 Å². The molecule has 1 heterocycles. The standard InChI is InChI=1S/C14H12FN3O2.BrH/c15-12-3-1-9(2-4-12)6-18-7-10(13(16)19)5-11(8-18)14(17)20;/h1-5,7-8H,6H2,(H3-,16,17,19,20);1H. The Kier molecular flexibility index (Phi) is 5.54. The van der Waals surface area contributed by atoms with Crippen molar-refractivity contribution in [3.63, 3.8) is 0 Å². The number of carbonyl (C=O) groups excluding carboxylic acids is 2. The van der Waals surface area contributed by atoms with E-state index in [0.29, 0.717) is 6.54 Å². The van der Waals surface area contributed by atoms with Crippen molar-refractivity contribution in [1.82, 2.24) is 0 Å². The van der Waals surface area contributed by atoms with Crippen molar-refractivity contribution < 1.29 is 35.5 Å². The van der Waals surface area contributed by atoms with Crippen molar-refractivity contribution in [2.75, 3.05) is 0 Å². The van der Waals surface area contributed by atoms with Gasteiger partial charge in [-0.25, -0.2) is 4.39 Å². The molecule has 0 atom stereocenters. The van der Waals surface area contributed by atoms with E-state index in [1.165, 1.54) is 30.6 Å². The van der Waals surface area contributed by atoms with Gasteiger partial charge in [-0.2, -0.15) is 4.57 Å². The van der Waals surface area contributed by atoms with Crippen LogP contribution in [0.2, 0.25) is 0 Å². The van der Waals surface area contributed by atoms with E-state index in [1.807, 2.05) is 0 Å². The molecule has 0 bridgehead atoms. The average Bonchev–Trinajstić information content (AvgIpc) is 2.41. The fourth-order valence-electron chi connectivity index (χ4n) is 1.80. The molecule has 2 amide bonds. The third kappa shape index (κ3) is 4.35. The number of hydrogen-bond donors (Lipinski definition) is 2. The summed E-state index contributed by atoms with van der Waals surface area (Å²) < 4.78 is 14.4. The molecule has 0 aliphatic rings. The average molecular weight is 354 g/mol. The van der Waals surface area contributed by atoms with Crippen molar-refractivity contribution in [3.05, 3.63) is 65.2 Å². The topological polar surface area (TPSA) is 90.1 Å². The number of amides is 2. The van der Waals surface area contributed by atoms with Crippen LogP contribution in [0.1, 0.15) is 26.3 Å². The minimum Gasteiger partial charge on any atom is -1.00 e. The Morgan fingerprint density at radius 2 is 1.48 bits per heavy atom. The summed E-state index contributed by atoms with van der Waals surface area (Å²) in [6, 6.07) is 7.24. The molecule has 0 aliphatic carbocycles. The van der Waals surface area contributed by atoms with Crippen LogP contribution in [-0.2, 0) is 6.54 Å². The fourth-order valence-corrected chi connectivity index (χ4v) is 1.80. The number of aromatic nitrogens is 1. The van der Waals surface area contributed by atoms with E-state index in [-0.39, 0.29) is 33.9 Å². The maximum atomic E-state index is 12.8. The number of hydrogen-bond acceptors (Lipinski definition) is 2. The number of nitrogens with two attached hydrogens (primary N) is 2. The zero-order valence-corrected chi connectivity index (χ0v) is 12.5. The smallest absolute Gasteiger partial charge is 0.254 e. The van der Waals surface area contributed by atoms with Gasteiger partial charge in [-0.05, 0) is 30.3 Å². The van der Waals surface area contributed by atoms with Gasteiger partial charge in [0.25, 0.3) is 11.8 Å². The predicted octanol–water partition coefficient (Wildman–Crippen LogP) is -2.64. The highest BCUT2D eigenvalue weighted by molar-refractivity contribution is 5.97. The summed E-state index contributed by atoms with van der Waals surface area (Å²) in [5, 5.41) is 0. The van der Waals surface area contributed by atoms with E-state index in [9.17, 15) is 14.0 Å². The van der Waals surface area contributed by atoms with Crippen molar-refractivity contribution >= 4 is 11.8 Å². The molecule has 0 aliphatic heterocycles. The molecule has 110 valence electrons. The molecule has 0 unspecified atom stereocenters. The lowest BCUT2D eigenvalue weighted by molar-refractivity contribution is -0.688. The number of halogens is 2. The van der Waals surface area contributed by atoms with Gasteiger partial charge in [-0.15, -0.1) is 0 Å². The van der Waals surface area contributed by atoms with E-state index < -0.39 is 11.8 Å². The summed E-state index contributed by atoms with van der Waals surface area (Å²) in [6.07, 6.45) is 3.02. The molecule has 1 aromatic heterocycles. The van der Waals surface area contributed by atoms with Crippen LogP contribution in [0.3, 0.4) is 0 Å². The number of primary amides is 2. The highest BCUT2D eigenvalue weighted by Crippen LogP contribution is 2.04. The Morgan fingerprint density at radius 1 is 1.00 bits per heavy atom. The van der Waals surface area contributed by atoms with E-state index in [0.717, 1.165) is 5.56 Å². The van der Waals surface area contributed by atoms with Crippen LogP contribution >= 0.6 is 0 Å². The van der Waals surface area contributed by atoms with Gasteiger partial charge in [0.15, 0.2) is 18.9 Å². The highest BCUT2D eigenvalue weighted by Gasteiger charge is 2.15. The summed E-state index contributed by atoms with van der Waals surface area (Å²) in [7, 11) is 0. The van der Waals surface area contributed by atoms with E-state index >= 15 is 0 Å². The molecule has 0 spiro atoms. The molecule has 7 heteroatoms. The summed E-state index contributed by atoms with van der Waals surface area (Å²) in [5.74, 6) is -1.63. The lowest BCUT2D eigenvalue weighted by atomic mass is 10.1. The van der Waals surface area contributed by atoms with E-state index in [4.69, 9.17) is 11.5 Å². The van der Waals surface area contributed by atoms with Gasteiger partial charge in [-0.1, -0.05) is 0 Å². The lowest BCUT2D eigenvalue weighted by Crippen LogP contribution is -3.00. The second-order valence-corrected chi connectivity index (χ2v) is 4.34. The number of benzene rings is 1. The van der Waals surface area contributed by atoms with E-state index in [2.05, 4.69) is 0 Å². The normalized spacial score (nSPS) is 9.76. The Bertz CT molecular complexity index is 642. The van der Waals surface area contributed by atoms with Crippen LogP contribution in [0, 0.1) is 5.82 Å². The molecule has 2 rings (SSSR count). The van der Waals surface area contributed by atoms with Gasteiger partial charge in [0.1, 0.15) is 16.9 Å². The largest absolute Gasteiger partial charge is 1.00 e. The first-order valence-electron chi connectivity index (χ1n) is 5.84. The molecular formula is C14H13BrFN3O2. The molecule has 0 radical (unpaired) electrons. The van der Waals surface area contributed by atoms with Gasteiger partial charge in [0, 0.05) is 5.56 Å². The van der Waals surface area contributed by atoms with Gasteiger partial charge in [0.05, 0.1) is 0 Å². The molecule has 0 fully saturated rings. The van der Waals surface area contributed by atoms with Crippen LogP contribution in [0.15, 0.2) is 42.7 Å². The minimum absolute atomic E-state index is 0. The molecule has 5 nitrogen and oxygen atoms in total. The monoisotopic (exact) mass is 353 g/mol. The highest BCUT2D eigenvalue weighted by atomic mass is 79.9. The number of carbonyl (C=O) groups is 2.